The number of carbonyl (C=O) groups is 1. The van der Waals surface area contributed by atoms with Crippen molar-refractivity contribution in [2.45, 2.75) is 12.5 Å². The molecule has 0 aromatic heterocycles. The summed E-state index contributed by atoms with van der Waals surface area (Å²) >= 11 is 5.89. The van der Waals surface area contributed by atoms with Gasteiger partial charge in [0.1, 0.15) is 0 Å². The number of nitrogens with one attached hydrogen (secondary N) is 1. The highest BCUT2D eigenvalue weighted by molar-refractivity contribution is 6.30. The second-order valence-corrected chi connectivity index (χ2v) is 6.48. The molecule has 1 atom stereocenters. The van der Waals surface area contributed by atoms with E-state index in [1.165, 1.54) is 12.1 Å². The maximum Gasteiger partial charge on any atom is 0.269 e. The van der Waals surface area contributed by atoms with Crippen LogP contribution in [0.15, 0.2) is 78.9 Å². The second kappa shape index (κ2) is 8.47. The van der Waals surface area contributed by atoms with Crippen LogP contribution in [-0.4, -0.2) is 10.7 Å². The maximum atomic E-state index is 12.7. The average molecular weight is 381 g/mol. The fraction of sp³-hybridized carbons (Fsp3) is 0.0952. The van der Waals surface area contributed by atoms with Gasteiger partial charge in [-0.25, -0.2) is 0 Å². The fourth-order valence-electron chi connectivity index (χ4n) is 2.76. The van der Waals surface area contributed by atoms with Crippen molar-refractivity contribution in [3.8, 4) is 0 Å². The lowest BCUT2D eigenvalue weighted by atomic mass is 9.97. The first-order valence-corrected chi connectivity index (χ1v) is 8.75. The molecule has 0 saturated carbocycles. The van der Waals surface area contributed by atoms with Crippen LogP contribution in [0.2, 0.25) is 5.02 Å². The van der Waals surface area contributed by atoms with E-state index in [2.05, 4.69) is 5.32 Å². The van der Waals surface area contributed by atoms with E-state index < -0.39 is 4.92 Å². The van der Waals surface area contributed by atoms with Crippen molar-refractivity contribution in [3.05, 3.63) is 105 Å². The van der Waals surface area contributed by atoms with Crippen LogP contribution >= 0.6 is 11.6 Å². The molecule has 0 bridgehead atoms. The number of benzene rings is 3. The van der Waals surface area contributed by atoms with E-state index in [-0.39, 0.29) is 23.9 Å². The van der Waals surface area contributed by atoms with Gasteiger partial charge in [-0.1, -0.05) is 41.9 Å². The SMILES string of the molecule is O=C(CC(Nc1ccccc1)c1ccc([N+](=O)[O-])cc1)c1ccc(Cl)cc1. The zero-order chi connectivity index (χ0) is 19.2. The summed E-state index contributed by atoms with van der Waals surface area (Å²) in [7, 11) is 0. The van der Waals surface area contributed by atoms with Gasteiger partial charge in [-0.2, -0.15) is 0 Å². The van der Waals surface area contributed by atoms with E-state index in [0.717, 1.165) is 11.3 Å². The van der Waals surface area contributed by atoms with Crippen LogP contribution < -0.4 is 5.32 Å². The van der Waals surface area contributed by atoms with Gasteiger partial charge >= 0.3 is 0 Å². The number of nitro benzene ring substituents is 1. The number of nitro groups is 1. The number of rotatable bonds is 7. The number of hydrogen-bond acceptors (Lipinski definition) is 4. The summed E-state index contributed by atoms with van der Waals surface area (Å²) in [6.07, 6.45) is 0.203. The first kappa shape index (κ1) is 18.6. The molecule has 3 aromatic rings. The van der Waals surface area contributed by atoms with Crippen molar-refractivity contribution in [2.75, 3.05) is 5.32 Å². The third-order valence-corrected chi connectivity index (χ3v) is 4.43. The number of Topliss-reactive ketones (excluding diaryl/α,β-unsaturated/α-hetero) is 1. The van der Waals surface area contributed by atoms with Crippen molar-refractivity contribution >= 4 is 28.8 Å². The summed E-state index contributed by atoms with van der Waals surface area (Å²) < 4.78 is 0. The van der Waals surface area contributed by atoms with Crippen molar-refractivity contribution in [1.29, 1.82) is 0 Å². The van der Waals surface area contributed by atoms with Crippen LogP contribution in [0.25, 0.3) is 0 Å². The molecule has 1 N–H and O–H groups in total. The molecule has 3 aromatic carbocycles. The Morgan fingerprint density at radius 2 is 1.59 bits per heavy atom. The molecule has 0 amide bonds. The summed E-state index contributed by atoms with van der Waals surface area (Å²) in [5, 5.41) is 14.8. The first-order valence-electron chi connectivity index (χ1n) is 8.37. The third kappa shape index (κ3) is 4.92. The Bertz CT molecular complexity index is 926. The summed E-state index contributed by atoms with van der Waals surface area (Å²) in [4.78, 5) is 23.2. The minimum absolute atomic E-state index is 0.0150. The van der Waals surface area contributed by atoms with Gasteiger partial charge in [-0.3, -0.25) is 14.9 Å². The molecule has 3 rings (SSSR count). The van der Waals surface area contributed by atoms with Gasteiger partial charge < -0.3 is 5.32 Å². The molecule has 1 unspecified atom stereocenters. The highest BCUT2D eigenvalue weighted by Gasteiger charge is 2.18. The normalized spacial score (nSPS) is 11.6. The Morgan fingerprint density at radius 1 is 0.963 bits per heavy atom. The smallest absolute Gasteiger partial charge is 0.269 e. The zero-order valence-corrected chi connectivity index (χ0v) is 15.1. The Morgan fingerprint density at radius 3 is 2.19 bits per heavy atom. The summed E-state index contributed by atoms with van der Waals surface area (Å²) in [6, 6.07) is 22.2. The third-order valence-electron chi connectivity index (χ3n) is 4.18. The van der Waals surface area contributed by atoms with Crippen molar-refractivity contribution in [1.82, 2.24) is 0 Å². The summed E-state index contributed by atoms with van der Waals surface area (Å²) in [5.74, 6) is -0.0431. The number of hydrogen-bond donors (Lipinski definition) is 1. The van der Waals surface area contributed by atoms with Crippen LogP contribution in [0.1, 0.15) is 28.4 Å². The van der Waals surface area contributed by atoms with Gasteiger partial charge in [-0.15, -0.1) is 0 Å². The number of nitrogens with zero attached hydrogens (tertiary/aromatic N) is 1. The number of carbonyl (C=O) groups excluding carboxylic acids is 1. The molecule has 136 valence electrons. The standard InChI is InChI=1S/C21H17ClN2O3/c22-17-10-6-16(7-11-17)21(25)14-20(23-18-4-2-1-3-5-18)15-8-12-19(13-9-15)24(26)27/h1-13,20,23H,14H2. The van der Waals surface area contributed by atoms with Gasteiger partial charge in [0, 0.05) is 34.8 Å². The lowest BCUT2D eigenvalue weighted by molar-refractivity contribution is -0.384. The van der Waals surface area contributed by atoms with Crippen molar-refractivity contribution in [3.63, 3.8) is 0 Å². The number of ketones is 1. The Kier molecular flexibility index (Phi) is 5.84. The molecule has 6 heteroatoms. The van der Waals surface area contributed by atoms with Crippen LogP contribution in [0, 0.1) is 10.1 Å². The van der Waals surface area contributed by atoms with Crippen molar-refractivity contribution < 1.29 is 9.72 Å². The fourth-order valence-corrected chi connectivity index (χ4v) is 2.88. The van der Waals surface area contributed by atoms with Crippen LogP contribution in [0.3, 0.4) is 0 Å². The van der Waals surface area contributed by atoms with E-state index in [1.54, 1.807) is 36.4 Å². The van der Waals surface area contributed by atoms with Gasteiger partial charge in [0.05, 0.1) is 11.0 Å². The van der Waals surface area contributed by atoms with E-state index in [1.807, 2.05) is 30.3 Å². The Labute approximate surface area is 161 Å². The van der Waals surface area contributed by atoms with Crippen LogP contribution in [0.5, 0.6) is 0 Å². The van der Waals surface area contributed by atoms with E-state index in [4.69, 9.17) is 11.6 Å². The van der Waals surface area contributed by atoms with E-state index in [9.17, 15) is 14.9 Å². The van der Waals surface area contributed by atoms with Gasteiger partial charge in [0.2, 0.25) is 0 Å². The zero-order valence-electron chi connectivity index (χ0n) is 14.3. The van der Waals surface area contributed by atoms with Gasteiger partial charge in [-0.05, 0) is 42.0 Å². The molecule has 0 radical (unpaired) electrons. The number of halogens is 1. The molecule has 0 aliphatic carbocycles. The Hall–Kier alpha value is -3.18. The lowest BCUT2D eigenvalue weighted by Crippen LogP contribution is -2.16. The maximum absolute atomic E-state index is 12.7. The molecule has 0 spiro atoms. The highest BCUT2D eigenvalue weighted by Crippen LogP contribution is 2.26. The topological polar surface area (TPSA) is 72.2 Å². The Balaban J connectivity index is 1.85. The average Bonchev–Trinajstić information content (AvgIpc) is 2.69. The highest BCUT2D eigenvalue weighted by atomic mass is 35.5. The van der Waals surface area contributed by atoms with E-state index >= 15 is 0 Å². The van der Waals surface area contributed by atoms with Crippen LogP contribution in [-0.2, 0) is 0 Å². The second-order valence-electron chi connectivity index (χ2n) is 6.05. The van der Waals surface area contributed by atoms with Gasteiger partial charge in [0.15, 0.2) is 5.78 Å². The number of anilines is 1. The first-order chi connectivity index (χ1) is 13.0. The molecular formula is C21H17ClN2O3. The molecule has 5 nitrogen and oxygen atoms in total. The minimum Gasteiger partial charge on any atom is -0.378 e. The molecule has 0 aliphatic rings. The van der Waals surface area contributed by atoms with Gasteiger partial charge in [0.25, 0.3) is 5.69 Å². The number of para-hydroxylation sites is 1. The quantitative estimate of drug-likeness (QED) is 0.325. The molecule has 0 fully saturated rings. The molecule has 0 saturated heterocycles. The molecule has 0 heterocycles. The monoisotopic (exact) mass is 380 g/mol. The minimum atomic E-state index is -0.442. The van der Waals surface area contributed by atoms with Crippen molar-refractivity contribution in [2.24, 2.45) is 0 Å². The number of non-ortho nitro benzene ring substituents is 1. The summed E-state index contributed by atoms with van der Waals surface area (Å²) in [5.41, 5.74) is 2.25. The summed E-state index contributed by atoms with van der Waals surface area (Å²) in [6.45, 7) is 0. The molecule has 0 aliphatic heterocycles. The molecular weight excluding hydrogens is 364 g/mol. The lowest BCUT2D eigenvalue weighted by Gasteiger charge is -2.20. The van der Waals surface area contributed by atoms with E-state index in [0.29, 0.717) is 10.6 Å². The van der Waals surface area contributed by atoms with Crippen LogP contribution in [0.4, 0.5) is 11.4 Å². The molecule has 27 heavy (non-hydrogen) atoms. The predicted molar refractivity (Wildman–Crippen MR) is 106 cm³/mol. The largest absolute Gasteiger partial charge is 0.378 e. The predicted octanol–water partition coefficient (Wildman–Crippen LogP) is 5.67.